The van der Waals surface area contributed by atoms with Crippen LogP contribution in [-0.4, -0.2) is 8.42 Å². The van der Waals surface area contributed by atoms with Gasteiger partial charge in [-0.1, -0.05) is 18.5 Å². The molecule has 1 aliphatic carbocycles. The number of hydrogen-bond donors (Lipinski definition) is 0. The predicted octanol–water partition coefficient (Wildman–Crippen LogP) is 4.64. The molecule has 3 rings (SSSR count). The predicted molar refractivity (Wildman–Crippen MR) is 80.8 cm³/mol. The summed E-state index contributed by atoms with van der Waals surface area (Å²) in [7, 11) is -3.81. The van der Waals surface area contributed by atoms with Crippen molar-refractivity contribution in [1.82, 2.24) is 0 Å². The molecule has 0 radical (unpaired) electrons. The van der Waals surface area contributed by atoms with Gasteiger partial charge in [0.25, 0.3) is 0 Å². The van der Waals surface area contributed by atoms with Gasteiger partial charge in [-0.05, 0) is 54.3 Å². The molecule has 6 heteroatoms. The van der Waals surface area contributed by atoms with Crippen LogP contribution in [0, 0.1) is 11.6 Å². The Hall–Kier alpha value is -1.46. The fraction of sp³-hybridized carbons (Fsp3) is 0.250. The summed E-state index contributed by atoms with van der Waals surface area (Å²) in [5.41, 5.74) is 0.130. The van der Waals surface area contributed by atoms with Crippen molar-refractivity contribution in [2.45, 2.75) is 29.4 Å². The zero-order chi connectivity index (χ0) is 16.1. The molecule has 2 atom stereocenters. The van der Waals surface area contributed by atoms with Crippen molar-refractivity contribution >= 4 is 21.4 Å². The van der Waals surface area contributed by atoms with Crippen LogP contribution in [0.25, 0.3) is 0 Å². The van der Waals surface area contributed by atoms with Gasteiger partial charge in [-0.2, -0.15) is 0 Å². The molecular formula is C16H13ClF2O2S. The fourth-order valence-electron chi connectivity index (χ4n) is 3.04. The molecule has 0 saturated carbocycles. The smallest absolute Gasteiger partial charge is 0.185 e. The van der Waals surface area contributed by atoms with Crippen LogP contribution in [0.15, 0.2) is 41.3 Å². The van der Waals surface area contributed by atoms with E-state index in [2.05, 4.69) is 0 Å². The summed E-state index contributed by atoms with van der Waals surface area (Å²) in [6, 6.07) is 7.74. The van der Waals surface area contributed by atoms with E-state index >= 15 is 0 Å². The first-order valence-electron chi connectivity index (χ1n) is 6.79. The SMILES string of the molecule is C[C@H]1CC(S(=O)(=O)c2ccc(Cl)cc2)c2c(F)ccc(F)c21. The Kier molecular flexibility index (Phi) is 3.73. The molecule has 0 amide bonds. The Labute approximate surface area is 132 Å². The van der Waals surface area contributed by atoms with Crippen LogP contribution >= 0.6 is 11.6 Å². The van der Waals surface area contributed by atoms with Crippen molar-refractivity contribution < 1.29 is 17.2 Å². The maximum atomic E-state index is 14.2. The molecule has 0 fully saturated rings. The average Bonchev–Trinajstić information content (AvgIpc) is 2.83. The van der Waals surface area contributed by atoms with Crippen LogP contribution in [0.2, 0.25) is 5.02 Å². The average molecular weight is 343 g/mol. The van der Waals surface area contributed by atoms with Gasteiger partial charge in [0.2, 0.25) is 0 Å². The third kappa shape index (κ3) is 2.32. The quantitative estimate of drug-likeness (QED) is 0.796. The van der Waals surface area contributed by atoms with Crippen molar-refractivity contribution in [3.63, 3.8) is 0 Å². The van der Waals surface area contributed by atoms with E-state index in [1.165, 1.54) is 24.3 Å². The summed E-state index contributed by atoms with van der Waals surface area (Å²) in [5, 5.41) is -0.661. The first-order chi connectivity index (χ1) is 10.3. The first kappa shape index (κ1) is 15.4. The van der Waals surface area contributed by atoms with E-state index < -0.39 is 26.7 Å². The molecule has 116 valence electrons. The molecule has 0 heterocycles. The minimum Gasteiger partial charge on any atom is -0.223 e. The standard InChI is InChI=1S/C16H13ClF2O2S/c1-9-8-14(16-13(19)7-6-12(18)15(9)16)22(20,21)11-4-2-10(17)3-5-11/h2-7,9,14H,8H2,1H3/t9-,14?/m0/s1. The minimum atomic E-state index is -3.81. The van der Waals surface area contributed by atoms with Gasteiger partial charge in [-0.15, -0.1) is 0 Å². The van der Waals surface area contributed by atoms with E-state index in [0.29, 0.717) is 5.02 Å². The maximum absolute atomic E-state index is 14.2. The topological polar surface area (TPSA) is 34.1 Å². The largest absolute Gasteiger partial charge is 0.223 e. The van der Waals surface area contributed by atoms with Gasteiger partial charge >= 0.3 is 0 Å². The van der Waals surface area contributed by atoms with Crippen LogP contribution in [0.3, 0.4) is 0 Å². The second-order valence-electron chi connectivity index (χ2n) is 5.48. The van der Waals surface area contributed by atoms with Crippen molar-refractivity contribution in [2.75, 3.05) is 0 Å². The highest BCUT2D eigenvalue weighted by atomic mass is 35.5. The number of halogens is 3. The molecule has 0 bridgehead atoms. The van der Waals surface area contributed by atoms with Crippen molar-refractivity contribution in [1.29, 1.82) is 0 Å². The van der Waals surface area contributed by atoms with Crippen LogP contribution in [-0.2, 0) is 9.84 Å². The van der Waals surface area contributed by atoms with E-state index in [9.17, 15) is 17.2 Å². The molecule has 0 aliphatic heterocycles. The summed E-state index contributed by atoms with van der Waals surface area (Å²) in [4.78, 5) is 0.0608. The van der Waals surface area contributed by atoms with Crippen LogP contribution < -0.4 is 0 Å². The Balaban J connectivity index is 2.16. The zero-order valence-electron chi connectivity index (χ0n) is 11.7. The molecule has 2 aromatic carbocycles. The first-order valence-corrected chi connectivity index (χ1v) is 8.72. The fourth-order valence-corrected chi connectivity index (χ4v) is 5.10. The molecule has 2 nitrogen and oxygen atoms in total. The van der Waals surface area contributed by atoms with Gasteiger partial charge < -0.3 is 0 Å². The molecule has 0 N–H and O–H groups in total. The molecule has 0 saturated heterocycles. The second-order valence-corrected chi connectivity index (χ2v) is 8.05. The normalized spacial score (nSPS) is 20.9. The summed E-state index contributed by atoms with van der Waals surface area (Å²) in [5.74, 6) is -1.58. The lowest BCUT2D eigenvalue weighted by Gasteiger charge is -2.14. The van der Waals surface area contributed by atoms with E-state index in [0.717, 1.165) is 12.1 Å². The van der Waals surface area contributed by atoms with Crippen LogP contribution in [0.4, 0.5) is 8.78 Å². The Morgan fingerprint density at radius 3 is 2.14 bits per heavy atom. The van der Waals surface area contributed by atoms with Gasteiger partial charge in [-0.3, -0.25) is 0 Å². The van der Waals surface area contributed by atoms with Gasteiger partial charge in [-0.25, -0.2) is 17.2 Å². The van der Waals surface area contributed by atoms with Gasteiger partial charge in [0.05, 0.1) is 10.1 Å². The van der Waals surface area contributed by atoms with E-state index in [-0.39, 0.29) is 28.4 Å². The molecule has 1 aliphatic rings. The third-order valence-electron chi connectivity index (χ3n) is 4.08. The lowest BCUT2D eigenvalue weighted by atomic mass is 10.0. The van der Waals surface area contributed by atoms with Crippen molar-refractivity contribution in [3.8, 4) is 0 Å². The summed E-state index contributed by atoms with van der Waals surface area (Å²) in [6.07, 6.45) is 0.165. The Morgan fingerprint density at radius 1 is 1.00 bits per heavy atom. The number of benzene rings is 2. The Morgan fingerprint density at radius 2 is 1.55 bits per heavy atom. The number of fused-ring (bicyclic) bond motifs is 1. The molecule has 22 heavy (non-hydrogen) atoms. The summed E-state index contributed by atoms with van der Waals surface area (Å²) >= 11 is 5.77. The summed E-state index contributed by atoms with van der Waals surface area (Å²) in [6.45, 7) is 1.71. The van der Waals surface area contributed by atoms with Crippen molar-refractivity contribution in [3.05, 3.63) is 64.2 Å². The van der Waals surface area contributed by atoms with Gasteiger partial charge in [0.1, 0.15) is 11.6 Å². The highest BCUT2D eigenvalue weighted by molar-refractivity contribution is 7.91. The van der Waals surface area contributed by atoms with E-state index in [1.54, 1.807) is 6.92 Å². The monoisotopic (exact) mass is 342 g/mol. The molecule has 2 aromatic rings. The molecule has 0 spiro atoms. The number of rotatable bonds is 2. The van der Waals surface area contributed by atoms with Gasteiger partial charge in [0, 0.05) is 10.6 Å². The Bertz CT molecular complexity index is 832. The van der Waals surface area contributed by atoms with Crippen molar-refractivity contribution in [2.24, 2.45) is 0 Å². The lowest BCUT2D eigenvalue weighted by Crippen LogP contribution is -2.12. The minimum absolute atomic E-state index is 0.0394. The maximum Gasteiger partial charge on any atom is 0.185 e. The highest BCUT2D eigenvalue weighted by Crippen LogP contribution is 2.48. The lowest BCUT2D eigenvalue weighted by molar-refractivity contribution is 0.565. The third-order valence-corrected chi connectivity index (χ3v) is 6.44. The molecular weight excluding hydrogens is 330 g/mol. The number of hydrogen-bond acceptors (Lipinski definition) is 2. The van der Waals surface area contributed by atoms with E-state index in [4.69, 9.17) is 11.6 Å². The van der Waals surface area contributed by atoms with Gasteiger partial charge in [0.15, 0.2) is 9.84 Å². The number of sulfone groups is 1. The molecule has 1 unspecified atom stereocenters. The summed E-state index contributed by atoms with van der Waals surface area (Å²) < 4.78 is 53.7. The van der Waals surface area contributed by atoms with Crippen LogP contribution in [0.5, 0.6) is 0 Å². The van der Waals surface area contributed by atoms with Crippen LogP contribution in [0.1, 0.15) is 35.6 Å². The zero-order valence-corrected chi connectivity index (χ0v) is 13.3. The van der Waals surface area contributed by atoms with E-state index in [1.807, 2.05) is 0 Å². The highest BCUT2D eigenvalue weighted by Gasteiger charge is 2.41. The second kappa shape index (κ2) is 5.32. The molecule has 0 aromatic heterocycles.